The van der Waals surface area contributed by atoms with Crippen molar-refractivity contribution in [2.24, 2.45) is 5.92 Å². The Morgan fingerprint density at radius 1 is 0.674 bits per heavy atom. The summed E-state index contributed by atoms with van der Waals surface area (Å²) in [6.45, 7) is 4.22. The van der Waals surface area contributed by atoms with Crippen LogP contribution in [0, 0.1) is 17.6 Å². The molecule has 12 heteroatoms. The summed E-state index contributed by atoms with van der Waals surface area (Å²) < 4.78 is 38.1. The van der Waals surface area contributed by atoms with Crippen LogP contribution in [0.1, 0.15) is 48.7 Å². The normalized spacial score (nSPS) is 12.7. The van der Waals surface area contributed by atoms with Gasteiger partial charge in [0.05, 0.1) is 6.04 Å². The van der Waals surface area contributed by atoms with Gasteiger partial charge in [-0.2, -0.15) is 0 Å². The number of amides is 3. The van der Waals surface area contributed by atoms with Gasteiger partial charge in [0.25, 0.3) is 0 Å². The molecule has 3 aromatic rings. The van der Waals surface area contributed by atoms with Crippen molar-refractivity contribution in [1.82, 2.24) is 16.0 Å². The second kappa shape index (κ2) is 17.4. The third kappa shape index (κ3) is 11.1. The maximum atomic E-state index is 14.0. The molecule has 0 saturated heterocycles. The van der Waals surface area contributed by atoms with Gasteiger partial charge in [-0.1, -0.05) is 80.6 Å². The largest absolute Gasteiger partial charge is 0.454 e. The molecule has 3 aromatic carbocycles. The number of Topliss-reactive ketones (excluding diaryl/α,β-unsaturated/α-hetero) is 1. The predicted octanol–water partition coefficient (Wildman–Crippen LogP) is 4.26. The molecule has 0 radical (unpaired) electrons. The van der Waals surface area contributed by atoms with Gasteiger partial charge in [0.1, 0.15) is 35.9 Å². The summed E-state index contributed by atoms with van der Waals surface area (Å²) in [5, 5.41) is 7.67. The van der Waals surface area contributed by atoms with E-state index in [1.54, 1.807) is 54.6 Å². The molecule has 0 fully saturated rings. The number of hydrogen-bond donors (Lipinski definition) is 3. The highest BCUT2D eigenvalue weighted by atomic mass is 19.1. The molecular formula is C34H37F2N3O7. The Kier molecular flexibility index (Phi) is 13.4. The van der Waals surface area contributed by atoms with Gasteiger partial charge in [-0.05, 0) is 48.9 Å². The SMILES string of the molecule is CC(C)C[C@H](NC(=O)[C@H](C)NC(=O)OCc1ccccc1)C(=O)N[C@@H](Cc1ccccc1)C(=O)COC(=O)c1c(F)cccc1F. The zero-order valence-electron chi connectivity index (χ0n) is 25.8. The van der Waals surface area contributed by atoms with E-state index in [1.807, 2.05) is 19.9 Å². The number of hydrogen-bond acceptors (Lipinski definition) is 7. The van der Waals surface area contributed by atoms with Gasteiger partial charge in [0, 0.05) is 0 Å². The van der Waals surface area contributed by atoms with Crippen LogP contribution in [-0.4, -0.2) is 54.4 Å². The van der Waals surface area contributed by atoms with Crippen LogP contribution in [0.15, 0.2) is 78.9 Å². The zero-order chi connectivity index (χ0) is 33.6. The lowest BCUT2D eigenvalue weighted by atomic mass is 9.99. The number of esters is 1. The highest BCUT2D eigenvalue weighted by Crippen LogP contribution is 2.14. The topological polar surface area (TPSA) is 140 Å². The molecular weight excluding hydrogens is 600 g/mol. The van der Waals surface area contributed by atoms with E-state index in [1.165, 1.54) is 6.92 Å². The van der Waals surface area contributed by atoms with Crippen LogP contribution >= 0.6 is 0 Å². The number of nitrogens with one attached hydrogen (secondary N) is 3. The lowest BCUT2D eigenvalue weighted by molar-refractivity contribution is -0.133. The fourth-order valence-corrected chi connectivity index (χ4v) is 4.38. The number of halogens is 2. The van der Waals surface area contributed by atoms with Gasteiger partial charge in [0.2, 0.25) is 11.8 Å². The fourth-order valence-electron chi connectivity index (χ4n) is 4.38. The van der Waals surface area contributed by atoms with Crippen molar-refractivity contribution in [3.63, 3.8) is 0 Å². The first kappa shape index (κ1) is 35.4. The van der Waals surface area contributed by atoms with E-state index in [0.29, 0.717) is 5.56 Å². The Labute approximate surface area is 265 Å². The summed E-state index contributed by atoms with van der Waals surface area (Å²) in [7, 11) is 0. The maximum absolute atomic E-state index is 14.0. The number of alkyl carbamates (subject to hydrolysis) is 1. The molecule has 0 spiro atoms. The van der Waals surface area contributed by atoms with Gasteiger partial charge in [-0.3, -0.25) is 14.4 Å². The Balaban J connectivity index is 1.67. The fraction of sp³-hybridized carbons (Fsp3) is 0.324. The van der Waals surface area contributed by atoms with Crippen molar-refractivity contribution in [3.8, 4) is 0 Å². The first-order valence-corrected chi connectivity index (χ1v) is 14.7. The summed E-state index contributed by atoms with van der Waals surface area (Å²) >= 11 is 0. The van der Waals surface area contributed by atoms with Crippen molar-refractivity contribution in [2.45, 2.75) is 58.3 Å². The van der Waals surface area contributed by atoms with Gasteiger partial charge >= 0.3 is 12.1 Å². The van der Waals surface area contributed by atoms with Crippen molar-refractivity contribution in [2.75, 3.05) is 6.61 Å². The van der Waals surface area contributed by atoms with Crippen molar-refractivity contribution in [3.05, 3.63) is 107 Å². The number of benzene rings is 3. The lowest BCUT2D eigenvalue weighted by Crippen LogP contribution is -2.56. The minimum atomic E-state index is -1.37. The number of rotatable bonds is 15. The van der Waals surface area contributed by atoms with E-state index in [9.17, 15) is 32.8 Å². The molecule has 0 aliphatic carbocycles. The Morgan fingerprint density at radius 2 is 1.24 bits per heavy atom. The van der Waals surface area contributed by atoms with Crippen molar-refractivity contribution >= 4 is 29.7 Å². The van der Waals surface area contributed by atoms with E-state index in [0.717, 1.165) is 23.8 Å². The third-order valence-corrected chi connectivity index (χ3v) is 6.78. The highest BCUT2D eigenvalue weighted by molar-refractivity contribution is 5.96. The van der Waals surface area contributed by atoms with Crippen molar-refractivity contribution < 1.29 is 42.2 Å². The maximum Gasteiger partial charge on any atom is 0.408 e. The number of ether oxygens (including phenoxy) is 2. The van der Waals surface area contributed by atoms with Crippen LogP contribution in [0.3, 0.4) is 0 Å². The molecule has 244 valence electrons. The van der Waals surface area contributed by atoms with E-state index < -0.39 is 71.6 Å². The minimum Gasteiger partial charge on any atom is -0.454 e. The molecule has 0 aromatic heterocycles. The van der Waals surface area contributed by atoms with Crippen molar-refractivity contribution in [1.29, 1.82) is 0 Å². The van der Waals surface area contributed by atoms with Gasteiger partial charge in [0.15, 0.2) is 12.4 Å². The molecule has 0 bridgehead atoms. The molecule has 3 rings (SSSR count). The molecule has 3 amide bonds. The van der Waals surface area contributed by atoms with Crippen LogP contribution in [-0.2, 0) is 36.9 Å². The summed E-state index contributed by atoms with van der Waals surface area (Å²) in [4.78, 5) is 64.3. The average molecular weight is 638 g/mol. The standard InChI is InChI=1S/C34H37F2N3O7/c1-21(2)17-28(39-31(41)22(3)37-34(44)46-19-24-13-8-5-9-14-24)32(42)38-27(18-23-11-6-4-7-12-23)29(40)20-45-33(43)30-25(35)15-10-16-26(30)36/h4-16,21-22,27-28H,17-20H2,1-3H3,(H,37,44)(H,38,42)(H,39,41)/t22-,27-,28-/m0/s1. The van der Waals surface area contributed by atoms with Gasteiger partial charge in [-0.25, -0.2) is 18.4 Å². The summed E-state index contributed by atoms with van der Waals surface area (Å²) in [6.07, 6.45) is -0.629. The first-order chi connectivity index (χ1) is 21.9. The molecule has 0 saturated carbocycles. The zero-order valence-corrected chi connectivity index (χ0v) is 25.8. The van der Waals surface area contributed by atoms with Crippen LogP contribution in [0.25, 0.3) is 0 Å². The van der Waals surface area contributed by atoms with Gasteiger partial charge in [-0.15, -0.1) is 0 Å². The van der Waals surface area contributed by atoms with Crippen LogP contribution in [0.4, 0.5) is 13.6 Å². The second-order valence-electron chi connectivity index (χ2n) is 11.0. The molecule has 46 heavy (non-hydrogen) atoms. The number of carbonyl (C=O) groups excluding carboxylic acids is 5. The van der Waals surface area contributed by atoms with E-state index >= 15 is 0 Å². The molecule has 3 atom stereocenters. The van der Waals surface area contributed by atoms with Crippen LogP contribution < -0.4 is 16.0 Å². The van der Waals surface area contributed by atoms with Crippen LogP contribution in [0.2, 0.25) is 0 Å². The number of carbonyl (C=O) groups is 5. The minimum absolute atomic E-state index is 0.000759. The molecule has 10 nitrogen and oxygen atoms in total. The highest BCUT2D eigenvalue weighted by Gasteiger charge is 2.30. The quantitative estimate of drug-likeness (QED) is 0.212. The monoisotopic (exact) mass is 637 g/mol. The average Bonchev–Trinajstić information content (AvgIpc) is 3.02. The second-order valence-corrected chi connectivity index (χ2v) is 11.0. The van der Waals surface area contributed by atoms with E-state index in [-0.39, 0.29) is 25.4 Å². The molecule has 0 heterocycles. The van der Waals surface area contributed by atoms with E-state index in [4.69, 9.17) is 9.47 Å². The Morgan fingerprint density at radius 3 is 1.83 bits per heavy atom. The Hall–Kier alpha value is -5.13. The molecule has 0 aliphatic heterocycles. The smallest absolute Gasteiger partial charge is 0.408 e. The lowest BCUT2D eigenvalue weighted by Gasteiger charge is -2.25. The van der Waals surface area contributed by atoms with Gasteiger partial charge < -0.3 is 25.4 Å². The van der Waals surface area contributed by atoms with Crippen LogP contribution in [0.5, 0.6) is 0 Å². The predicted molar refractivity (Wildman–Crippen MR) is 164 cm³/mol. The summed E-state index contributed by atoms with van der Waals surface area (Å²) in [5.41, 5.74) is 0.492. The summed E-state index contributed by atoms with van der Waals surface area (Å²) in [6, 6.07) is 17.1. The third-order valence-electron chi connectivity index (χ3n) is 6.78. The van der Waals surface area contributed by atoms with E-state index in [2.05, 4.69) is 16.0 Å². The first-order valence-electron chi connectivity index (χ1n) is 14.7. The Bertz CT molecular complexity index is 1480. The molecule has 0 unspecified atom stereocenters. The molecule has 0 aliphatic rings. The summed E-state index contributed by atoms with van der Waals surface area (Å²) in [5.74, 6) is -5.82. The number of ketones is 1. The molecule has 3 N–H and O–H groups in total.